The summed E-state index contributed by atoms with van der Waals surface area (Å²) >= 11 is 3.47. The van der Waals surface area contributed by atoms with Crippen LogP contribution in [-0.2, 0) is 11.3 Å². The van der Waals surface area contributed by atoms with Crippen LogP contribution in [0.5, 0.6) is 5.75 Å². The molecule has 1 aliphatic heterocycles. The molecule has 1 aromatic rings. The van der Waals surface area contributed by atoms with Crippen LogP contribution in [0.1, 0.15) is 12.0 Å². The van der Waals surface area contributed by atoms with E-state index < -0.39 is 0 Å². The lowest BCUT2D eigenvalue weighted by Gasteiger charge is -2.26. The summed E-state index contributed by atoms with van der Waals surface area (Å²) in [5.74, 6) is 0.786. The molecule has 4 nitrogen and oxygen atoms in total. The SMILES string of the molecule is COc1ccc(Br)c(CN2CCCOC2=O)c1. The number of methoxy groups -OCH3 is 1. The van der Waals surface area contributed by atoms with Gasteiger partial charge in [-0.25, -0.2) is 4.79 Å². The third-order valence-electron chi connectivity index (χ3n) is 2.67. The molecule has 1 fully saturated rings. The van der Waals surface area contributed by atoms with E-state index in [9.17, 15) is 4.79 Å². The average Bonchev–Trinajstić information content (AvgIpc) is 2.35. The standard InChI is InChI=1S/C12H14BrNO3/c1-16-10-3-4-11(13)9(7-10)8-14-5-2-6-17-12(14)15/h3-4,7H,2,5-6,8H2,1H3. The van der Waals surface area contributed by atoms with E-state index in [1.165, 1.54) is 0 Å². The van der Waals surface area contributed by atoms with Gasteiger partial charge < -0.3 is 14.4 Å². The van der Waals surface area contributed by atoms with Gasteiger partial charge in [0.2, 0.25) is 0 Å². The first kappa shape index (κ1) is 12.2. The average molecular weight is 300 g/mol. The van der Waals surface area contributed by atoms with Crippen LogP contribution in [0.25, 0.3) is 0 Å². The monoisotopic (exact) mass is 299 g/mol. The Hall–Kier alpha value is -1.23. The summed E-state index contributed by atoms with van der Waals surface area (Å²) in [6, 6.07) is 5.72. The molecule has 0 saturated carbocycles. The second-order valence-corrected chi connectivity index (χ2v) is 4.70. The highest BCUT2D eigenvalue weighted by Crippen LogP contribution is 2.24. The third-order valence-corrected chi connectivity index (χ3v) is 3.44. The van der Waals surface area contributed by atoms with Crippen molar-refractivity contribution in [1.82, 2.24) is 4.90 Å². The summed E-state index contributed by atoms with van der Waals surface area (Å²) in [7, 11) is 1.63. The number of hydrogen-bond acceptors (Lipinski definition) is 3. The van der Waals surface area contributed by atoms with Crippen molar-refractivity contribution in [3.8, 4) is 5.75 Å². The molecule has 1 aromatic carbocycles. The van der Waals surface area contributed by atoms with Crippen LogP contribution in [0.3, 0.4) is 0 Å². The number of nitrogens with zero attached hydrogens (tertiary/aromatic N) is 1. The second-order valence-electron chi connectivity index (χ2n) is 3.85. The smallest absolute Gasteiger partial charge is 0.410 e. The van der Waals surface area contributed by atoms with Crippen LogP contribution in [0.4, 0.5) is 4.79 Å². The predicted octanol–water partition coefficient (Wildman–Crippen LogP) is 2.80. The van der Waals surface area contributed by atoms with Gasteiger partial charge in [-0.2, -0.15) is 0 Å². The van der Waals surface area contributed by atoms with Crippen LogP contribution in [0, 0.1) is 0 Å². The zero-order valence-corrected chi connectivity index (χ0v) is 11.2. The van der Waals surface area contributed by atoms with Gasteiger partial charge in [-0.3, -0.25) is 0 Å². The summed E-state index contributed by atoms with van der Waals surface area (Å²) in [5, 5.41) is 0. The Morgan fingerprint density at radius 3 is 3.06 bits per heavy atom. The zero-order valence-electron chi connectivity index (χ0n) is 9.61. The molecule has 92 valence electrons. The Kier molecular flexibility index (Phi) is 3.89. The number of halogens is 1. The lowest BCUT2D eigenvalue weighted by atomic mass is 10.2. The molecule has 0 unspecified atom stereocenters. The van der Waals surface area contributed by atoms with Crippen LogP contribution in [0.15, 0.2) is 22.7 Å². The molecule has 5 heteroatoms. The number of hydrogen-bond donors (Lipinski definition) is 0. The van der Waals surface area contributed by atoms with Gasteiger partial charge in [0, 0.05) is 11.0 Å². The summed E-state index contributed by atoms with van der Waals surface area (Å²) in [5.41, 5.74) is 1.02. The van der Waals surface area contributed by atoms with E-state index in [2.05, 4.69) is 15.9 Å². The van der Waals surface area contributed by atoms with Gasteiger partial charge in [0.15, 0.2) is 0 Å². The topological polar surface area (TPSA) is 38.8 Å². The molecule has 0 N–H and O–H groups in total. The fourth-order valence-electron chi connectivity index (χ4n) is 1.75. The predicted molar refractivity (Wildman–Crippen MR) is 67.1 cm³/mol. The molecule has 0 aliphatic carbocycles. The fourth-order valence-corrected chi connectivity index (χ4v) is 2.12. The molecule has 0 aromatic heterocycles. The van der Waals surface area contributed by atoms with Gasteiger partial charge >= 0.3 is 6.09 Å². The van der Waals surface area contributed by atoms with Gasteiger partial charge in [-0.1, -0.05) is 15.9 Å². The highest BCUT2D eigenvalue weighted by atomic mass is 79.9. The summed E-state index contributed by atoms with van der Waals surface area (Å²) in [6.07, 6.45) is 0.638. The molecular formula is C12H14BrNO3. The molecule has 1 aliphatic rings. The second kappa shape index (κ2) is 5.40. The lowest BCUT2D eigenvalue weighted by molar-refractivity contribution is 0.0699. The van der Waals surface area contributed by atoms with E-state index in [0.29, 0.717) is 13.2 Å². The van der Waals surface area contributed by atoms with E-state index in [1.807, 2.05) is 18.2 Å². The van der Waals surface area contributed by atoms with E-state index in [4.69, 9.17) is 9.47 Å². The van der Waals surface area contributed by atoms with Crippen molar-refractivity contribution in [3.63, 3.8) is 0 Å². The van der Waals surface area contributed by atoms with Crippen molar-refractivity contribution in [1.29, 1.82) is 0 Å². The zero-order chi connectivity index (χ0) is 12.3. The number of ether oxygens (including phenoxy) is 2. The maximum Gasteiger partial charge on any atom is 0.410 e. The molecule has 2 rings (SSSR count). The molecule has 17 heavy (non-hydrogen) atoms. The van der Waals surface area contributed by atoms with Crippen LogP contribution >= 0.6 is 15.9 Å². The van der Waals surface area contributed by atoms with Crippen molar-refractivity contribution in [2.45, 2.75) is 13.0 Å². The molecule has 0 atom stereocenters. The van der Waals surface area contributed by atoms with Crippen LogP contribution < -0.4 is 4.74 Å². The molecule has 0 bridgehead atoms. The number of carbonyl (C=O) groups excluding carboxylic acids is 1. The van der Waals surface area contributed by atoms with E-state index >= 15 is 0 Å². The molecule has 1 amide bonds. The molecule has 0 radical (unpaired) electrons. The molecule has 0 spiro atoms. The fraction of sp³-hybridized carbons (Fsp3) is 0.417. The normalized spacial score (nSPS) is 15.6. The first-order valence-corrected chi connectivity index (χ1v) is 6.24. The van der Waals surface area contributed by atoms with Gasteiger partial charge in [-0.15, -0.1) is 0 Å². The van der Waals surface area contributed by atoms with Crippen LogP contribution in [-0.4, -0.2) is 31.3 Å². The maximum absolute atomic E-state index is 11.5. The van der Waals surface area contributed by atoms with Crippen LogP contribution in [0.2, 0.25) is 0 Å². The number of rotatable bonds is 3. The van der Waals surface area contributed by atoms with Gasteiger partial charge in [0.05, 0.1) is 20.3 Å². The number of cyclic esters (lactones) is 1. The van der Waals surface area contributed by atoms with E-state index in [0.717, 1.165) is 28.8 Å². The van der Waals surface area contributed by atoms with Crippen molar-refractivity contribution < 1.29 is 14.3 Å². The number of amides is 1. The molecular weight excluding hydrogens is 286 g/mol. The number of carbonyl (C=O) groups is 1. The summed E-state index contributed by atoms with van der Waals surface area (Å²) < 4.78 is 11.1. The van der Waals surface area contributed by atoms with Crippen molar-refractivity contribution in [2.75, 3.05) is 20.3 Å². The number of benzene rings is 1. The Morgan fingerprint density at radius 1 is 1.53 bits per heavy atom. The Balaban J connectivity index is 2.14. The Bertz CT molecular complexity index is 422. The first-order chi connectivity index (χ1) is 8.20. The van der Waals surface area contributed by atoms with E-state index in [1.54, 1.807) is 12.0 Å². The minimum Gasteiger partial charge on any atom is -0.497 e. The highest BCUT2D eigenvalue weighted by molar-refractivity contribution is 9.10. The maximum atomic E-state index is 11.5. The van der Waals surface area contributed by atoms with Gasteiger partial charge in [0.1, 0.15) is 5.75 Å². The summed E-state index contributed by atoms with van der Waals surface area (Å²) in [6.45, 7) is 1.80. The van der Waals surface area contributed by atoms with Crippen molar-refractivity contribution in [2.24, 2.45) is 0 Å². The molecule has 1 saturated heterocycles. The third kappa shape index (κ3) is 2.91. The summed E-state index contributed by atoms with van der Waals surface area (Å²) in [4.78, 5) is 13.2. The molecule has 1 heterocycles. The largest absolute Gasteiger partial charge is 0.497 e. The van der Waals surface area contributed by atoms with Gasteiger partial charge in [-0.05, 0) is 30.2 Å². The van der Waals surface area contributed by atoms with Crippen molar-refractivity contribution in [3.05, 3.63) is 28.2 Å². The van der Waals surface area contributed by atoms with Gasteiger partial charge in [0.25, 0.3) is 0 Å². The Morgan fingerprint density at radius 2 is 2.35 bits per heavy atom. The minimum atomic E-state index is -0.244. The van der Waals surface area contributed by atoms with E-state index in [-0.39, 0.29) is 6.09 Å². The highest BCUT2D eigenvalue weighted by Gasteiger charge is 2.20. The van der Waals surface area contributed by atoms with Crippen molar-refractivity contribution >= 4 is 22.0 Å². The lowest BCUT2D eigenvalue weighted by Crippen LogP contribution is -2.37. The minimum absolute atomic E-state index is 0.244. The first-order valence-electron chi connectivity index (χ1n) is 5.45. The Labute approximate surface area is 109 Å². The quantitative estimate of drug-likeness (QED) is 0.861.